The van der Waals surface area contributed by atoms with Crippen molar-refractivity contribution in [2.45, 2.75) is 32.5 Å². The van der Waals surface area contributed by atoms with Crippen molar-refractivity contribution >= 4 is 10.8 Å². The van der Waals surface area contributed by atoms with E-state index in [0.717, 1.165) is 18.6 Å². The van der Waals surface area contributed by atoms with Crippen molar-refractivity contribution in [1.82, 2.24) is 0 Å². The van der Waals surface area contributed by atoms with Crippen molar-refractivity contribution in [1.29, 1.82) is 0 Å². The van der Waals surface area contributed by atoms with Gasteiger partial charge in [0.15, 0.2) is 0 Å². The molecular weight excluding hydrogens is 287 g/mol. The monoisotopic (exact) mass is 307 g/mol. The van der Waals surface area contributed by atoms with Crippen LogP contribution in [0, 0.1) is 5.92 Å². The van der Waals surface area contributed by atoms with E-state index in [-0.39, 0.29) is 5.75 Å². The van der Waals surface area contributed by atoms with E-state index in [4.69, 9.17) is 5.73 Å². The Labute approximate surface area is 120 Å². The number of rotatable bonds is 6. The van der Waals surface area contributed by atoms with E-state index < -0.39 is 28.6 Å². The first-order chi connectivity index (χ1) is 9.20. The molecule has 0 spiro atoms. The molecule has 2 atom stereocenters. The topological polar surface area (TPSA) is 43.1 Å². The zero-order valence-corrected chi connectivity index (χ0v) is 12.4. The zero-order chi connectivity index (χ0) is 15.3. The van der Waals surface area contributed by atoms with Crippen molar-refractivity contribution < 1.29 is 17.4 Å². The summed E-state index contributed by atoms with van der Waals surface area (Å²) in [6, 6.07) is 4.27. The third-order valence-corrected chi connectivity index (χ3v) is 4.35. The molecule has 1 aromatic rings. The van der Waals surface area contributed by atoms with E-state index >= 15 is 0 Å². The highest BCUT2D eigenvalue weighted by Crippen LogP contribution is 2.30. The smallest absolute Gasteiger partial charge is 0.323 e. The molecule has 20 heavy (non-hydrogen) atoms. The predicted octanol–water partition coefficient (Wildman–Crippen LogP) is 3.50. The van der Waals surface area contributed by atoms with E-state index in [9.17, 15) is 17.4 Å². The molecule has 0 saturated carbocycles. The van der Waals surface area contributed by atoms with Gasteiger partial charge in [-0.3, -0.25) is 4.21 Å². The van der Waals surface area contributed by atoms with Crippen LogP contribution < -0.4 is 5.73 Å². The van der Waals surface area contributed by atoms with Crippen LogP contribution in [0.15, 0.2) is 24.3 Å². The van der Waals surface area contributed by atoms with Crippen LogP contribution in [-0.2, 0) is 17.0 Å². The lowest BCUT2D eigenvalue weighted by atomic mass is 10.1. The third-order valence-electron chi connectivity index (χ3n) is 2.93. The van der Waals surface area contributed by atoms with Crippen LogP contribution in [0.1, 0.15) is 37.4 Å². The van der Waals surface area contributed by atoms with Crippen molar-refractivity contribution in [2.75, 3.05) is 11.5 Å². The lowest BCUT2D eigenvalue weighted by Gasteiger charge is -2.14. The van der Waals surface area contributed by atoms with Gasteiger partial charge < -0.3 is 5.73 Å². The van der Waals surface area contributed by atoms with E-state index in [0.29, 0.717) is 17.2 Å². The predicted molar refractivity (Wildman–Crippen MR) is 75.7 cm³/mol. The van der Waals surface area contributed by atoms with Gasteiger partial charge in [-0.1, -0.05) is 26.0 Å². The molecule has 6 heteroatoms. The SMILES string of the molecule is CC(C)CCS(=O)CC(N)c1cccc(C(F)(F)F)c1. The van der Waals surface area contributed by atoms with Gasteiger partial charge in [-0.05, 0) is 30.0 Å². The number of halogens is 3. The molecule has 0 saturated heterocycles. The molecule has 0 heterocycles. The van der Waals surface area contributed by atoms with Gasteiger partial charge in [-0.25, -0.2) is 0 Å². The van der Waals surface area contributed by atoms with Gasteiger partial charge >= 0.3 is 6.18 Å². The molecule has 0 aliphatic carbocycles. The molecule has 0 aromatic heterocycles. The molecule has 0 radical (unpaired) electrons. The first-order valence-corrected chi connectivity index (χ1v) is 7.96. The Morgan fingerprint density at radius 3 is 2.50 bits per heavy atom. The maximum atomic E-state index is 12.6. The Balaban J connectivity index is 2.68. The van der Waals surface area contributed by atoms with E-state index in [2.05, 4.69) is 0 Å². The van der Waals surface area contributed by atoms with Gasteiger partial charge in [-0.15, -0.1) is 0 Å². The minimum Gasteiger partial charge on any atom is -0.323 e. The Morgan fingerprint density at radius 1 is 1.30 bits per heavy atom. The summed E-state index contributed by atoms with van der Waals surface area (Å²) in [5.74, 6) is 1.17. The number of alkyl halides is 3. The van der Waals surface area contributed by atoms with Crippen LogP contribution in [0.2, 0.25) is 0 Å². The van der Waals surface area contributed by atoms with Crippen LogP contribution in [0.25, 0.3) is 0 Å². The fraction of sp³-hybridized carbons (Fsp3) is 0.571. The average molecular weight is 307 g/mol. The molecule has 0 bridgehead atoms. The summed E-state index contributed by atoms with van der Waals surface area (Å²) in [6.07, 6.45) is -3.56. The largest absolute Gasteiger partial charge is 0.416 e. The van der Waals surface area contributed by atoms with Crippen LogP contribution in [-0.4, -0.2) is 15.7 Å². The van der Waals surface area contributed by atoms with E-state index in [1.165, 1.54) is 6.07 Å². The fourth-order valence-corrected chi connectivity index (χ4v) is 3.19. The summed E-state index contributed by atoms with van der Waals surface area (Å²) in [4.78, 5) is 0. The maximum Gasteiger partial charge on any atom is 0.416 e. The minimum absolute atomic E-state index is 0.189. The molecule has 1 rings (SSSR count). The highest BCUT2D eigenvalue weighted by atomic mass is 32.2. The van der Waals surface area contributed by atoms with Gasteiger partial charge in [0.1, 0.15) is 0 Å². The normalized spacial score (nSPS) is 15.3. The molecule has 2 nitrogen and oxygen atoms in total. The van der Waals surface area contributed by atoms with Crippen molar-refractivity contribution in [3.8, 4) is 0 Å². The second-order valence-corrected chi connectivity index (χ2v) is 6.84. The maximum absolute atomic E-state index is 12.6. The first kappa shape index (κ1) is 17.2. The number of hydrogen-bond donors (Lipinski definition) is 1. The molecular formula is C14H20F3NOS. The van der Waals surface area contributed by atoms with Crippen molar-refractivity contribution in [3.63, 3.8) is 0 Å². The second kappa shape index (κ2) is 7.22. The molecule has 2 N–H and O–H groups in total. The molecule has 114 valence electrons. The molecule has 1 aromatic carbocycles. The van der Waals surface area contributed by atoms with Gasteiger partial charge in [0.05, 0.1) is 5.56 Å². The number of benzene rings is 1. The fourth-order valence-electron chi connectivity index (χ4n) is 1.69. The summed E-state index contributed by atoms with van der Waals surface area (Å²) in [7, 11) is -1.11. The Hall–Kier alpha value is -0.880. The van der Waals surface area contributed by atoms with Crippen LogP contribution >= 0.6 is 0 Å². The highest BCUT2D eigenvalue weighted by Gasteiger charge is 2.30. The molecule has 0 aliphatic rings. The van der Waals surface area contributed by atoms with E-state index in [1.807, 2.05) is 13.8 Å². The Bertz CT molecular complexity index is 460. The van der Waals surface area contributed by atoms with Crippen LogP contribution in [0.5, 0.6) is 0 Å². The Kier molecular flexibility index (Phi) is 6.20. The molecule has 0 amide bonds. The van der Waals surface area contributed by atoms with Gasteiger partial charge in [0.2, 0.25) is 0 Å². The van der Waals surface area contributed by atoms with Gasteiger partial charge in [-0.2, -0.15) is 13.2 Å². The summed E-state index contributed by atoms with van der Waals surface area (Å²) in [5, 5.41) is 0. The summed E-state index contributed by atoms with van der Waals surface area (Å²) >= 11 is 0. The van der Waals surface area contributed by atoms with Crippen molar-refractivity contribution in [3.05, 3.63) is 35.4 Å². The minimum atomic E-state index is -4.38. The standard InChI is InChI=1S/C14H20F3NOS/c1-10(2)6-7-20(19)9-13(18)11-4-3-5-12(8-11)14(15,16)17/h3-5,8,10,13H,6-7,9,18H2,1-2H3. The lowest BCUT2D eigenvalue weighted by molar-refractivity contribution is -0.137. The zero-order valence-electron chi connectivity index (χ0n) is 11.6. The van der Waals surface area contributed by atoms with Gasteiger partial charge in [0, 0.05) is 28.3 Å². The summed E-state index contributed by atoms with van der Waals surface area (Å²) < 4.78 is 49.6. The van der Waals surface area contributed by atoms with Gasteiger partial charge in [0.25, 0.3) is 0 Å². The van der Waals surface area contributed by atoms with Crippen molar-refractivity contribution in [2.24, 2.45) is 11.7 Å². The summed E-state index contributed by atoms with van der Waals surface area (Å²) in [6.45, 7) is 4.06. The molecule has 0 fully saturated rings. The second-order valence-electron chi connectivity index (χ2n) is 5.22. The number of nitrogens with two attached hydrogens (primary N) is 1. The Morgan fingerprint density at radius 2 is 1.95 bits per heavy atom. The summed E-state index contributed by atoms with van der Waals surface area (Å²) in [5.41, 5.74) is 5.50. The molecule has 2 unspecified atom stereocenters. The highest BCUT2D eigenvalue weighted by molar-refractivity contribution is 7.85. The number of hydrogen-bond acceptors (Lipinski definition) is 2. The first-order valence-electron chi connectivity index (χ1n) is 6.48. The van der Waals surface area contributed by atoms with Crippen LogP contribution in [0.4, 0.5) is 13.2 Å². The third kappa shape index (κ3) is 5.63. The quantitative estimate of drug-likeness (QED) is 0.874. The lowest BCUT2D eigenvalue weighted by Crippen LogP contribution is -2.20. The van der Waals surface area contributed by atoms with Crippen LogP contribution in [0.3, 0.4) is 0 Å². The molecule has 0 aliphatic heterocycles. The van der Waals surface area contributed by atoms with E-state index in [1.54, 1.807) is 6.07 Å². The average Bonchev–Trinajstić information content (AvgIpc) is 2.35.